The van der Waals surface area contributed by atoms with Crippen molar-refractivity contribution < 1.29 is 37.4 Å². The third-order valence-electron chi connectivity index (χ3n) is 19.4. The highest BCUT2D eigenvalue weighted by Gasteiger charge is 2.70. The van der Waals surface area contributed by atoms with Gasteiger partial charge in [-0.1, -0.05) is 67.9 Å². The Balaban J connectivity index is 0.975. The van der Waals surface area contributed by atoms with Gasteiger partial charge in [0, 0.05) is 48.1 Å². The molecule has 7 aliphatic rings. The van der Waals surface area contributed by atoms with Crippen molar-refractivity contribution in [1.82, 2.24) is 5.32 Å². The van der Waals surface area contributed by atoms with Gasteiger partial charge < -0.3 is 20.1 Å². The fourth-order valence-electron chi connectivity index (χ4n) is 15.5. The van der Waals surface area contributed by atoms with Crippen LogP contribution in [-0.4, -0.2) is 74.4 Å². The second kappa shape index (κ2) is 14.9. The number of carboxylic acids is 1. The molecule has 1 aromatic carbocycles. The standard InChI is InChI=1S/C50H72N2O8S/c1-30(2)40-36(53)29-50(22-23-51-42(54)31-10-12-32(13-11-31)52-24-26-61(58,59)27-25-52)21-20-48(8)33(41(40)50)14-15-38-47(7)18-17-39(46(5,6)37(47)16-19-49(38,48)9)60-44(57)35-28-34(43(55)56)45(35,3)4/h10-13,30,33-35,37-39H,14-29H2,1-9H3,(H,51,54)(H,55,56)/t33-,34+,35-,37+,38-,39+,47+,48-,49-,50-/m1/s1. The molecule has 6 fully saturated rings. The largest absolute Gasteiger partial charge is 0.481 e. The number of anilines is 1. The highest BCUT2D eigenvalue weighted by Crippen LogP contribution is 2.77. The Morgan fingerprint density at radius 2 is 1.51 bits per heavy atom. The van der Waals surface area contributed by atoms with Crippen LogP contribution in [0.15, 0.2) is 35.4 Å². The zero-order valence-corrected chi connectivity index (χ0v) is 39.1. The Hall–Kier alpha value is -3.21. The molecule has 1 saturated heterocycles. The van der Waals surface area contributed by atoms with Crippen LogP contribution in [0.5, 0.6) is 0 Å². The molecule has 0 aromatic heterocycles. The van der Waals surface area contributed by atoms with Gasteiger partial charge >= 0.3 is 11.9 Å². The van der Waals surface area contributed by atoms with Crippen LogP contribution in [0.4, 0.5) is 5.69 Å². The molecule has 1 heterocycles. The van der Waals surface area contributed by atoms with E-state index in [9.17, 15) is 32.7 Å². The normalized spacial score (nSPS) is 39.6. The molecule has 10 atom stereocenters. The van der Waals surface area contributed by atoms with E-state index in [1.54, 1.807) is 0 Å². The zero-order valence-electron chi connectivity index (χ0n) is 38.3. The van der Waals surface area contributed by atoms with Crippen molar-refractivity contribution >= 4 is 39.2 Å². The number of benzene rings is 1. The second-order valence-corrected chi connectivity index (χ2v) is 25.3. The van der Waals surface area contributed by atoms with Gasteiger partial charge in [-0.05, 0) is 139 Å². The molecular formula is C50H72N2O8S. The number of carboxylic acid groups (broad SMARTS) is 1. The van der Waals surface area contributed by atoms with Gasteiger partial charge in [0.1, 0.15) is 6.10 Å². The molecule has 11 heteroatoms. The highest BCUT2D eigenvalue weighted by atomic mass is 32.2. The molecular weight excluding hydrogens is 789 g/mol. The maximum Gasteiger partial charge on any atom is 0.309 e. The van der Waals surface area contributed by atoms with Gasteiger partial charge in [-0.2, -0.15) is 0 Å². The van der Waals surface area contributed by atoms with Gasteiger partial charge in [-0.25, -0.2) is 8.42 Å². The van der Waals surface area contributed by atoms with Gasteiger partial charge in [0.05, 0.1) is 23.3 Å². The molecule has 61 heavy (non-hydrogen) atoms. The van der Waals surface area contributed by atoms with Gasteiger partial charge in [0.15, 0.2) is 15.6 Å². The van der Waals surface area contributed by atoms with Gasteiger partial charge in [-0.15, -0.1) is 0 Å². The number of amides is 1. The van der Waals surface area contributed by atoms with Crippen molar-refractivity contribution in [2.24, 2.45) is 68.0 Å². The van der Waals surface area contributed by atoms with Crippen LogP contribution in [0.2, 0.25) is 0 Å². The summed E-state index contributed by atoms with van der Waals surface area (Å²) in [6.45, 7) is 21.8. The van der Waals surface area contributed by atoms with Crippen molar-refractivity contribution in [3.8, 4) is 0 Å². The predicted octanol–water partition coefficient (Wildman–Crippen LogP) is 8.68. The lowest BCUT2D eigenvalue weighted by molar-refractivity contribution is -0.236. The van der Waals surface area contributed by atoms with E-state index >= 15 is 0 Å². The van der Waals surface area contributed by atoms with E-state index in [4.69, 9.17) is 4.74 Å². The first-order chi connectivity index (χ1) is 28.4. The van der Waals surface area contributed by atoms with Crippen LogP contribution in [-0.2, 0) is 29.0 Å². The molecule has 5 saturated carbocycles. The van der Waals surface area contributed by atoms with E-state index in [0.717, 1.165) is 69.0 Å². The third-order valence-corrected chi connectivity index (χ3v) is 21.0. The molecule has 1 aliphatic heterocycles. The minimum absolute atomic E-state index is 0.0149. The van der Waals surface area contributed by atoms with Crippen LogP contribution < -0.4 is 10.2 Å². The summed E-state index contributed by atoms with van der Waals surface area (Å²) < 4.78 is 30.3. The van der Waals surface area contributed by atoms with E-state index in [1.807, 2.05) is 38.1 Å². The second-order valence-electron chi connectivity index (χ2n) is 23.0. The van der Waals surface area contributed by atoms with E-state index in [1.165, 1.54) is 5.57 Å². The number of nitrogens with zero attached hydrogens (tertiary/aromatic N) is 1. The summed E-state index contributed by atoms with van der Waals surface area (Å²) in [6, 6.07) is 7.45. The van der Waals surface area contributed by atoms with E-state index in [-0.39, 0.29) is 68.4 Å². The maximum absolute atomic E-state index is 14.2. The van der Waals surface area contributed by atoms with E-state index < -0.39 is 27.1 Å². The monoisotopic (exact) mass is 861 g/mol. The Kier molecular flexibility index (Phi) is 10.9. The van der Waals surface area contributed by atoms with Crippen LogP contribution in [0, 0.1) is 68.0 Å². The average molecular weight is 861 g/mol. The first-order valence-corrected chi connectivity index (χ1v) is 25.3. The number of rotatable bonds is 9. The first kappa shape index (κ1) is 44.4. The number of hydrogen-bond acceptors (Lipinski definition) is 8. The molecule has 0 spiro atoms. The topological polar surface area (TPSA) is 147 Å². The Morgan fingerprint density at radius 1 is 0.836 bits per heavy atom. The van der Waals surface area contributed by atoms with Crippen LogP contribution in [0.3, 0.4) is 0 Å². The maximum atomic E-state index is 14.2. The number of carbonyl (C=O) groups is 4. The van der Waals surface area contributed by atoms with Crippen LogP contribution >= 0.6 is 0 Å². The van der Waals surface area contributed by atoms with Crippen molar-refractivity contribution in [3.63, 3.8) is 0 Å². The lowest BCUT2D eigenvalue weighted by Crippen LogP contribution is -2.66. The van der Waals surface area contributed by atoms with Crippen LogP contribution in [0.25, 0.3) is 0 Å². The molecule has 6 aliphatic carbocycles. The fraction of sp³-hybridized carbons (Fsp3) is 0.760. The molecule has 8 rings (SSSR count). The molecule has 2 N–H and O–H groups in total. The number of ketones is 1. The molecule has 10 nitrogen and oxygen atoms in total. The van der Waals surface area contributed by atoms with Crippen molar-refractivity contribution in [1.29, 1.82) is 0 Å². The summed E-state index contributed by atoms with van der Waals surface area (Å²) in [6.07, 6.45) is 9.56. The number of Topliss-reactive ketones (excluding diaryl/α,β-unsaturated/α-hetero) is 1. The summed E-state index contributed by atoms with van der Waals surface area (Å²) >= 11 is 0. The summed E-state index contributed by atoms with van der Waals surface area (Å²) in [5.74, 6) is -0.188. The minimum Gasteiger partial charge on any atom is -0.481 e. The summed E-state index contributed by atoms with van der Waals surface area (Å²) in [7, 11) is -2.98. The number of carbonyl (C=O) groups excluding carboxylic acids is 3. The number of sulfone groups is 1. The molecule has 0 radical (unpaired) electrons. The lowest BCUT2D eigenvalue weighted by atomic mass is 9.33. The summed E-state index contributed by atoms with van der Waals surface area (Å²) in [5.41, 5.74) is 3.03. The van der Waals surface area contributed by atoms with Gasteiger partial charge in [-0.3, -0.25) is 19.2 Å². The quantitative estimate of drug-likeness (QED) is 0.233. The Labute approximate surface area is 364 Å². The number of fused-ring (bicyclic) bond motifs is 7. The minimum atomic E-state index is -2.98. The lowest BCUT2D eigenvalue weighted by Gasteiger charge is -2.72. The third kappa shape index (κ3) is 6.85. The Bertz CT molecular complexity index is 2110. The number of aliphatic carboxylic acids is 1. The van der Waals surface area contributed by atoms with E-state index in [0.29, 0.717) is 61.6 Å². The summed E-state index contributed by atoms with van der Waals surface area (Å²) in [4.78, 5) is 55.2. The number of hydrogen-bond donors (Lipinski definition) is 2. The van der Waals surface area contributed by atoms with E-state index in [2.05, 4.69) is 58.7 Å². The smallest absolute Gasteiger partial charge is 0.309 e. The van der Waals surface area contributed by atoms with Gasteiger partial charge in [0.2, 0.25) is 0 Å². The fourth-order valence-corrected chi connectivity index (χ4v) is 16.7. The Morgan fingerprint density at radius 3 is 2.13 bits per heavy atom. The number of nitrogens with one attached hydrogen (secondary N) is 1. The number of ether oxygens (including phenoxy) is 1. The molecule has 0 unspecified atom stereocenters. The van der Waals surface area contributed by atoms with Gasteiger partial charge in [0.25, 0.3) is 5.91 Å². The van der Waals surface area contributed by atoms with Crippen molar-refractivity contribution in [2.45, 2.75) is 139 Å². The zero-order chi connectivity index (χ0) is 44.3. The SMILES string of the molecule is CC(C)C1=C2[C@H]3CC[C@@H]4[C@@]5(C)CC[C@H](OC(=O)[C@H]6C[C@@H](C(=O)O)C6(C)C)C(C)(C)[C@@H]5CC[C@@]4(C)[C@]3(C)CC[C@@]2(CCNC(=O)c2ccc(N3CCS(=O)(=O)CC3)cc2)CC1=O. The molecule has 1 amide bonds. The summed E-state index contributed by atoms with van der Waals surface area (Å²) in [5, 5.41) is 12.9. The molecule has 1 aromatic rings. The van der Waals surface area contributed by atoms with Crippen LogP contribution in [0.1, 0.15) is 143 Å². The molecule has 0 bridgehead atoms. The number of esters is 1. The number of allylic oxidation sites excluding steroid dienone is 2. The average Bonchev–Trinajstić information content (AvgIpc) is 3.47. The highest BCUT2D eigenvalue weighted by molar-refractivity contribution is 7.91. The predicted molar refractivity (Wildman–Crippen MR) is 237 cm³/mol. The van der Waals surface area contributed by atoms with Crippen molar-refractivity contribution in [2.75, 3.05) is 36.0 Å². The molecule has 336 valence electrons. The first-order valence-electron chi connectivity index (χ1n) is 23.5. The van der Waals surface area contributed by atoms with Crippen molar-refractivity contribution in [3.05, 3.63) is 41.0 Å².